The van der Waals surface area contributed by atoms with Crippen LogP contribution in [0.15, 0.2) is 48.8 Å². The second-order valence-electron chi connectivity index (χ2n) is 9.50. The highest BCUT2D eigenvalue weighted by molar-refractivity contribution is 7.52. The van der Waals surface area contributed by atoms with Crippen LogP contribution < -0.4 is 15.3 Å². The second kappa shape index (κ2) is 11.4. The summed E-state index contributed by atoms with van der Waals surface area (Å²) in [5, 5.41) is 28.3. The van der Waals surface area contributed by atoms with E-state index in [1.165, 1.54) is 29.9 Å². The number of benzene rings is 1. The van der Waals surface area contributed by atoms with Crippen LogP contribution in [0, 0.1) is 0 Å². The summed E-state index contributed by atoms with van der Waals surface area (Å²) in [5.41, 5.74) is 4.40. The monoisotopic (exact) mass is 581 g/mol. The number of carbonyl (C=O) groups is 1. The van der Waals surface area contributed by atoms with Gasteiger partial charge in [0.1, 0.15) is 60.3 Å². The molecule has 5 rings (SSSR count). The molecule has 40 heavy (non-hydrogen) atoms. The van der Waals surface area contributed by atoms with Crippen LogP contribution in [0.1, 0.15) is 18.7 Å². The molecule has 0 spiro atoms. The van der Waals surface area contributed by atoms with E-state index < -0.39 is 63.1 Å². The zero-order valence-corrected chi connectivity index (χ0v) is 22.2. The molecule has 4 heterocycles. The molecule has 16 heteroatoms. The number of nitrogen functional groups attached to an aromatic ring is 1. The molecule has 0 bridgehead atoms. The molecule has 0 aliphatic carbocycles. The molecule has 216 valence electrons. The summed E-state index contributed by atoms with van der Waals surface area (Å²) < 4.78 is 57.0. The molecule has 1 aromatic carbocycles. The maximum absolute atomic E-state index is 14.6. The normalized spacial score (nSPS) is 27.1. The lowest BCUT2D eigenvalue weighted by atomic mass is 9.96. The summed E-state index contributed by atoms with van der Waals surface area (Å²) in [5.74, 6) is -0.441. The molecule has 2 aliphatic heterocycles. The van der Waals surface area contributed by atoms with Crippen molar-refractivity contribution in [1.29, 1.82) is 0 Å². The number of aromatic nitrogens is 3. The van der Waals surface area contributed by atoms with Crippen molar-refractivity contribution >= 4 is 25.1 Å². The quantitative estimate of drug-likeness (QED) is 0.185. The summed E-state index contributed by atoms with van der Waals surface area (Å²) >= 11 is 0. The van der Waals surface area contributed by atoms with E-state index in [-0.39, 0.29) is 30.5 Å². The first kappa shape index (κ1) is 28.4. The van der Waals surface area contributed by atoms with Gasteiger partial charge in [0.15, 0.2) is 5.82 Å². The number of hydrogen-bond acceptors (Lipinski definition) is 12. The molecule has 2 aromatic heterocycles. The Morgan fingerprint density at radius 1 is 1.30 bits per heavy atom. The molecule has 3 aromatic rings. The van der Waals surface area contributed by atoms with Gasteiger partial charge in [-0.25, -0.2) is 18.5 Å². The number of alkyl halides is 1. The van der Waals surface area contributed by atoms with Gasteiger partial charge in [-0.15, -0.1) is 0 Å². The molecule has 0 amide bonds. The lowest BCUT2D eigenvalue weighted by Gasteiger charge is -2.31. The average molecular weight is 581 g/mol. The maximum atomic E-state index is 14.6. The third kappa shape index (κ3) is 5.54. The largest absolute Gasteiger partial charge is 0.459 e. The van der Waals surface area contributed by atoms with Crippen molar-refractivity contribution in [2.75, 3.05) is 32.2 Å². The van der Waals surface area contributed by atoms with Crippen LogP contribution in [0.25, 0.3) is 5.52 Å². The third-order valence-corrected chi connectivity index (χ3v) is 8.23. The lowest BCUT2D eigenvalue weighted by Crippen LogP contribution is -2.49. The van der Waals surface area contributed by atoms with Crippen molar-refractivity contribution < 1.29 is 47.2 Å². The van der Waals surface area contributed by atoms with E-state index in [0.717, 1.165) is 0 Å². The van der Waals surface area contributed by atoms with Gasteiger partial charge in [-0.1, -0.05) is 18.2 Å². The molecule has 6 atom stereocenters. The van der Waals surface area contributed by atoms with E-state index in [9.17, 15) is 24.0 Å². The van der Waals surface area contributed by atoms with Crippen molar-refractivity contribution in [3.63, 3.8) is 0 Å². The number of carbonyl (C=O) groups excluding carboxylic acids is 1. The summed E-state index contributed by atoms with van der Waals surface area (Å²) in [4.78, 5) is 16.4. The number of aliphatic hydroxyl groups is 2. The summed E-state index contributed by atoms with van der Waals surface area (Å²) in [6.45, 7) is -0.259. The number of esters is 1. The van der Waals surface area contributed by atoms with E-state index in [2.05, 4.69) is 15.2 Å². The van der Waals surface area contributed by atoms with Gasteiger partial charge in [-0.3, -0.25) is 9.32 Å². The first-order valence-corrected chi connectivity index (χ1v) is 13.9. The number of rotatable bonds is 11. The number of hydrogen-bond donors (Lipinski definition) is 4. The number of fused-ring (bicyclic) bond motifs is 1. The maximum Gasteiger partial charge on any atom is 0.459 e. The first-order valence-electron chi connectivity index (χ1n) is 12.4. The Morgan fingerprint density at radius 2 is 2.05 bits per heavy atom. The molecule has 0 radical (unpaired) electrons. The van der Waals surface area contributed by atoms with Gasteiger partial charge >= 0.3 is 13.7 Å². The van der Waals surface area contributed by atoms with Crippen LogP contribution in [-0.4, -0.2) is 87.2 Å². The van der Waals surface area contributed by atoms with Crippen molar-refractivity contribution in [2.24, 2.45) is 0 Å². The number of nitrogens with one attached hydrogen (secondary N) is 1. The van der Waals surface area contributed by atoms with Crippen molar-refractivity contribution in [3.8, 4) is 5.75 Å². The molecule has 0 unspecified atom stereocenters. The number of anilines is 1. The molecule has 2 aliphatic rings. The van der Waals surface area contributed by atoms with Gasteiger partial charge in [0.25, 0.3) is 0 Å². The van der Waals surface area contributed by atoms with Gasteiger partial charge in [0.2, 0.25) is 0 Å². The summed E-state index contributed by atoms with van der Waals surface area (Å²) in [6, 6.07) is 9.93. The Balaban J connectivity index is 1.36. The van der Waals surface area contributed by atoms with Crippen molar-refractivity contribution in [2.45, 2.75) is 43.0 Å². The van der Waals surface area contributed by atoms with E-state index in [1.807, 2.05) is 0 Å². The van der Waals surface area contributed by atoms with E-state index >= 15 is 0 Å². The Kier molecular flexibility index (Phi) is 8.06. The van der Waals surface area contributed by atoms with Crippen LogP contribution in [0.3, 0.4) is 0 Å². The average Bonchev–Trinajstić information content (AvgIpc) is 3.46. The van der Waals surface area contributed by atoms with Gasteiger partial charge < -0.3 is 34.7 Å². The Morgan fingerprint density at radius 3 is 2.73 bits per heavy atom. The first-order chi connectivity index (χ1) is 19.1. The molecule has 2 fully saturated rings. The second-order valence-corrected chi connectivity index (χ2v) is 11.2. The number of ether oxygens (including phenoxy) is 3. The molecule has 14 nitrogen and oxygen atoms in total. The fourth-order valence-electron chi connectivity index (χ4n) is 4.30. The van der Waals surface area contributed by atoms with Crippen LogP contribution >= 0.6 is 7.75 Å². The van der Waals surface area contributed by atoms with Crippen LogP contribution in [0.5, 0.6) is 5.75 Å². The van der Waals surface area contributed by atoms with Gasteiger partial charge in [0, 0.05) is 0 Å². The van der Waals surface area contributed by atoms with Gasteiger partial charge in [-0.2, -0.15) is 10.2 Å². The minimum Gasteiger partial charge on any atom is -0.456 e. The SMILES string of the molecule is C[C@H](N[P@](=O)(OC[C@@]1(CF)O[C@@H](c2ccc3c(N)ncnn23)[C@H](O)[C@@H]1O)Oc1ccccc1)C(=O)OC1COC1. The Hall–Kier alpha value is -3.17. The van der Waals surface area contributed by atoms with Crippen LogP contribution in [0.2, 0.25) is 0 Å². The fraction of sp³-hybridized carbons (Fsp3) is 0.458. The number of aliphatic hydroxyl groups excluding tert-OH is 2. The zero-order chi connectivity index (χ0) is 28.5. The van der Waals surface area contributed by atoms with Gasteiger partial charge in [-0.05, 0) is 31.2 Å². The number of halogens is 1. The van der Waals surface area contributed by atoms with E-state index in [0.29, 0.717) is 5.52 Å². The fourth-order valence-corrected chi connectivity index (χ4v) is 5.85. The Labute approximate surface area is 227 Å². The van der Waals surface area contributed by atoms with E-state index in [1.54, 1.807) is 30.3 Å². The predicted molar refractivity (Wildman–Crippen MR) is 136 cm³/mol. The van der Waals surface area contributed by atoms with Gasteiger partial charge in [0.05, 0.1) is 25.5 Å². The van der Waals surface area contributed by atoms with Crippen molar-refractivity contribution in [3.05, 3.63) is 54.5 Å². The smallest absolute Gasteiger partial charge is 0.456 e. The molecular weight excluding hydrogens is 552 g/mol. The minimum absolute atomic E-state index is 0.128. The highest BCUT2D eigenvalue weighted by atomic mass is 31.2. The number of nitrogens with zero attached hydrogens (tertiary/aromatic N) is 3. The molecule has 0 saturated carbocycles. The number of para-hydroxylation sites is 1. The third-order valence-electron chi connectivity index (χ3n) is 6.61. The zero-order valence-electron chi connectivity index (χ0n) is 21.3. The molecular formula is C24H29FN5O9P. The minimum atomic E-state index is -4.43. The van der Waals surface area contributed by atoms with Crippen molar-refractivity contribution in [1.82, 2.24) is 19.7 Å². The predicted octanol–water partition coefficient (Wildman–Crippen LogP) is 0.937. The van der Waals surface area contributed by atoms with Crippen LogP contribution in [-0.2, 0) is 28.1 Å². The molecule has 5 N–H and O–H groups in total. The molecule has 2 saturated heterocycles. The number of nitrogens with two attached hydrogens (primary N) is 1. The van der Waals surface area contributed by atoms with Crippen LogP contribution in [0.4, 0.5) is 10.2 Å². The summed E-state index contributed by atoms with van der Waals surface area (Å²) in [7, 11) is -4.43. The highest BCUT2D eigenvalue weighted by Gasteiger charge is 2.57. The Bertz CT molecular complexity index is 1390. The lowest BCUT2D eigenvalue weighted by molar-refractivity contribution is -0.173. The van der Waals surface area contributed by atoms with E-state index in [4.69, 9.17) is 29.0 Å². The summed E-state index contributed by atoms with van der Waals surface area (Å²) in [6.07, 6.45) is -3.91. The topological polar surface area (TPSA) is 189 Å². The standard InChI is InChI=1S/C24H29FN5O9P/c1-14(23(33)37-16-9-35-10-16)29-40(34,39-15-5-3-2-4-6-15)36-12-24(11-25)21(32)19(31)20(38-24)17-7-8-18-22(26)27-13-28-30(17)18/h2-8,13-14,16,19-21,31-32H,9-12H2,1H3,(H,29,34)(H2,26,27,28)/t14-,19-,20-,21-,24+,40-/m0/s1. The highest BCUT2D eigenvalue weighted by Crippen LogP contribution is 2.48.